The second kappa shape index (κ2) is 7.56. The van der Waals surface area contributed by atoms with Crippen molar-refractivity contribution in [2.24, 2.45) is 28.1 Å². The maximum absolute atomic E-state index is 10.8. The van der Waals surface area contributed by atoms with Gasteiger partial charge < -0.3 is 9.53 Å². The van der Waals surface area contributed by atoms with E-state index in [0.717, 1.165) is 12.8 Å². The Morgan fingerprint density at radius 3 is 2.31 bits per heavy atom. The molecule has 3 heteroatoms. The average Bonchev–Trinajstić information content (AvgIpc) is 3.01. The van der Waals surface area contributed by atoms with Gasteiger partial charge >= 0.3 is 0 Å². The quantitative estimate of drug-likeness (QED) is 0.434. The van der Waals surface area contributed by atoms with Gasteiger partial charge in [0, 0.05) is 6.10 Å². The van der Waals surface area contributed by atoms with E-state index in [-0.39, 0.29) is 27.4 Å². The van der Waals surface area contributed by atoms with Crippen LogP contribution in [-0.2, 0) is 4.43 Å². The van der Waals surface area contributed by atoms with Crippen molar-refractivity contribution in [3.63, 3.8) is 0 Å². The highest BCUT2D eigenvalue weighted by molar-refractivity contribution is 6.74. The van der Waals surface area contributed by atoms with E-state index in [4.69, 9.17) is 4.43 Å². The van der Waals surface area contributed by atoms with Crippen molar-refractivity contribution in [3.05, 3.63) is 22.8 Å². The smallest absolute Gasteiger partial charge is 0.192 e. The normalized spacial score (nSPS) is 40.3. The van der Waals surface area contributed by atoms with Crippen molar-refractivity contribution in [2.45, 2.75) is 131 Å². The zero-order valence-corrected chi connectivity index (χ0v) is 23.7. The van der Waals surface area contributed by atoms with Crippen molar-refractivity contribution in [2.75, 3.05) is 0 Å². The Bertz CT molecular complexity index is 829. The van der Waals surface area contributed by atoms with Crippen LogP contribution in [0.1, 0.15) is 100 Å². The van der Waals surface area contributed by atoms with Gasteiger partial charge in [0.15, 0.2) is 8.32 Å². The molecule has 6 atom stereocenters. The van der Waals surface area contributed by atoms with Crippen LogP contribution >= 0.6 is 0 Å². The Labute approximate surface area is 199 Å². The lowest BCUT2D eigenvalue weighted by molar-refractivity contribution is -0.0906. The van der Waals surface area contributed by atoms with Crippen LogP contribution < -0.4 is 0 Å². The van der Waals surface area contributed by atoms with Crippen molar-refractivity contribution in [1.29, 1.82) is 0 Å². The summed E-state index contributed by atoms with van der Waals surface area (Å²) < 4.78 is 6.94. The molecule has 4 aliphatic rings. The Kier molecular flexibility index (Phi) is 5.84. The minimum absolute atomic E-state index is 0.0182. The molecule has 2 nitrogen and oxygen atoms in total. The van der Waals surface area contributed by atoms with Gasteiger partial charge in [0.2, 0.25) is 0 Å². The molecule has 32 heavy (non-hydrogen) atoms. The van der Waals surface area contributed by atoms with Crippen LogP contribution in [0.15, 0.2) is 22.8 Å². The van der Waals surface area contributed by atoms with Gasteiger partial charge in [-0.1, -0.05) is 60.1 Å². The summed E-state index contributed by atoms with van der Waals surface area (Å²) in [5, 5.41) is 11.0. The largest absolute Gasteiger partial charge is 0.414 e. The van der Waals surface area contributed by atoms with Crippen molar-refractivity contribution < 1.29 is 9.53 Å². The third-order valence-electron chi connectivity index (χ3n) is 11.3. The standard InChI is InChI=1S/C29H50O2Si/c1-19(31-32(9,10)26(2,3)4)21-12-13-22-20-11-14-24-27(5,6)25(30)16-18-29(24,8)23(20)15-17-28(21,22)7/h13,19,21,24-25,30H,11-12,14-18H2,1-10H3/t19-,21+,24-,25-,28+,29+/m0/s1. The molecule has 0 aromatic heterocycles. The van der Waals surface area contributed by atoms with Crippen molar-refractivity contribution in [1.82, 2.24) is 0 Å². The molecule has 0 unspecified atom stereocenters. The number of allylic oxidation sites excluding steroid dienone is 4. The second-order valence-electron chi connectivity index (χ2n) is 14.3. The first-order valence-electron chi connectivity index (χ1n) is 13.3. The minimum Gasteiger partial charge on any atom is -0.414 e. The first-order chi connectivity index (χ1) is 14.6. The summed E-state index contributed by atoms with van der Waals surface area (Å²) in [6.07, 6.45) is 11.0. The van der Waals surface area contributed by atoms with Crippen LogP contribution in [0.3, 0.4) is 0 Å². The molecule has 0 bridgehead atoms. The van der Waals surface area contributed by atoms with Gasteiger partial charge in [-0.3, -0.25) is 0 Å². The summed E-state index contributed by atoms with van der Waals surface area (Å²) in [5.74, 6) is 1.19. The van der Waals surface area contributed by atoms with E-state index in [2.05, 4.69) is 74.6 Å². The van der Waals surface area contributed by atoms with Gasteiger partial charge in [0.05, 0.1) is 6.10 Å². The van der Waals surface area contributed by atoms with E-state index in [1.807, 2.05) is 0 Å². The fourth-order valence-electron chi connectivity index (χ4n) is 8.15. The van der Waals surface area contributed by atoms with Crippen molar-refractivity contribution >= 4 is 8.32 Å². The lowest BCUT2D eigenvalue weighted by Crippen LogP contribution is -2.53. The first kappa shape index (κ1) is 24.7. The van der Waals surface area contributed by atoms with Gasteiger partial charge in [-0.05, 0) is 109 Å². The molecule has 4 aliphatic carbocycles. The van der Waals surface area contributed by atoms with E-state index < -0.39 is 8.32 Å². The summed E-state index contributed by atoms with van der Waals surface area (Å²) in [5.41, 5.74) is 5.69. The molecule has 0 spiro atoms. The summed E-state index contributed by atoms with van der Waals surface area (Å²) in [6, 6.07) is 0. The molecular weight excluding hydrogens is 408 g/mol. The van der Waals surface area contributed by atoms with Crippen LogP contribution in [0.2, 0.25) is 18.1 Å². The zero-order valence-electron chi connectivity index (χ0n) is 22.7. The highest BCUT2D eigenvalue weighted by Gasteiger charge is 2.57. The lowest BCUT2D eigenvalue weighted by atomic mass is 9.46. The van der Waals surface area contributed by atoms with Crippen molar-refractivity contribution in [3.8, 4) is 0 Å². The fourth-order valence-corrected chi connectivity index (χ4v) is 9.60. The Balaban J connectivity index is 1.62. The number of rotatable bonds is 3. The maximum atomic E-state index is 10.8. The zero-order chi connectivity index (χ0) is 23.9. The van der Waals surface area contributed by atoms with Gasteiger partial charge in [0.1, 0.15) is 0 Å². The molecule has 1 saturated carbocycles. The van der Waals surface area contributed by atoms with Crippen LogP contribution in [0, 0.1) is 28.1 Å². The van der Waals surface area contributed by atoms with Crippen LogP contribution in [-0.4, -0.2) is 25.6 Å². The third-order valence-corrected chi connectivity index (χ3v) is 15.9. The van der Waals surface area contributed by atoms with E-state index >= 15 is 0 Å². The molecule has 0 aromatic carbocycles. The van der Waals surface area contributed by atoms with Gasteiger partial charge in [-0.15, -0.1) is 0 Å². The number of aliphatic hydroxyl groups is 1. The molecular formula is C29H50O2Si. The second-order valence-corrected chi connectivity index (χ2v) is 19.1. The van der Waals surface area contributed by atoms with Gasteiger partial charge in [0.25, 0.3) is 0 Å². The number of hydrogen-bond donors (Lipinski definition) is 1. The highest BCUT2D eigenvalue weighted by Crippen LogP contribution is 2.66. The molecule has 0 aromatic rings. The molecule has 0 radical (unpaired) electrons. The molecule has 0 amide bonds. The predicted molar refractivity (Wildman–Crippen MR) is 138 cm³/mol. The molecule has 1 fully saturated rings. The lowest BCUT2D eigenvalue weighted by Gasteiger charge is -2.59. The minimum atomic E-state index is -1.78. The summed E-state index contributed by atoms with van der Waals surface area (Å²) in [4.78, 5) is 0. The molecule has 0 heterocycles. The van der Waals surface area contributed by atoms with Gasteiger partial charge in [-0.25, -0.2) is 0 Å². The first-order valence-corrected chi connectivity index (χ1v) is 16.3. The van der Waals surface area contributed by atoms with E-state index in [1.54, 1.807) is 16.7 Å². The predicted octanol–water partition coefficient (Wildman–Crippen LogP) is 8.04. The number of aliphatic hydroxyl groups excluding tert-OH is 1. The molecule has 1 N–H and O–H groups in total. The summed E-state index contributed by atoms with van der Waals surface area (Å²) >= 11 is 0. The monoisotopic (exact) mass is 458 g/mol. The Morgan fingerprint density at radius 1 is 1.03 bits per heavy atom. The summed E-state index contributed by atoms with van der Waals surface area (Å²) in [6.45, 7) is 24.0. The summed E-state index contributed by atoms with van der Waals surface area (Å²) in [7, 11) is -1.78. The van der Waals surface area contributed by atoms with Crippen LogP contribution in [0.25, 0.3) is 0 Å². The molecule has 182 valence electrons. The SMILES string of the molecule is C[C@H](O[Si](C)(C)C(C)(C)C)[C@H]1CC=C2C3=C(CC[C@@]21C)[C@@]1(C)CC[C@H](O)C(C)(C)[C@@H]1CC3. The number of fused-ring (bicyclic) bond motifs is 4. The van der Waals surface area contributed by atoms with Crippen LogP contribution in [0.5, 0.6) is 0 Å². The van der Waals surface area contributed by atoms with E-state index in [1.165, 1.54) is 32.1 Å². The Hall–Kier alpha value is -0.383. The van der Waals surface area contributed by atoms with Gasteiger partial charge in [-0.2, -0.15) is 0 Å². The maximum Gasteiger partial charge on any atom is 0.192 e. The van der Waals surface area contributed by atoms with E-state index in [9.17, 15) is 5.11 Å². The third kappa shape index (κ3) is 3.47. The fraction of sp³-hybridized carbons (Fsp3) is 0.862. The Morgan fingerprint density at radius 2 is 1.69 bits per heavy atom. The molecule has 0 saturated heterocycles. The molecule has 4 rings (SSSR count). The number of hydrogen-bond acceptors (Lipinski definition) is 2. The van der Waals surface area contributed by atoms with E-state index in [0.29, 0.717) is 17.9 Å². The average molecular weight is 459 g/mol. The van der Waals surface area contributed by atoms with Crippen LogP contribution in [0.4, 0.5) is 0 Å². The molecule has 0 aliphatic heterocycles. The highest BCUT2D eigenvalue weighted by atomic mass is 28.4. The topological polar surface area (TPSA) is 29.5 Å².